The highest BCUT2D eigenvalue weighted by atomic mass is 14.5. The molecule has 0 aliphatic heterocycles. The van der Waals surface area contributed by atoms with Crippen molar-refractivity contribution >= 4 is 0 Å². The lowest BCUT2D eigenvalue weighted by Gasteiger charge is -2.33. The van der Waals surface area contributed by atoms with Crippen LogP contribution in [0.1, 0.15) is 137 Å². The summed E-state index contributed by atoms with van der Waals surface area (Å²) in [6, 6.07) is 54.4. The Balaban J connectivity index is 0.000000685. The normalized spacial score (nSPS) is 12.4. The van der Waals surface area contributed by atoms with Crippen LogP contribution in [0.4, 0.5) is 0 Å². The fourth-order valence-electron chi connectivity index (χ4n) is 8.86. The lowest BCUT2D eigenvalue weighted by Crippen LogP contribution is -2.25. The van der Waals surface area contributed by atoms with Gasteiger partial charge >= 0.3 is 0 Å². The summed E-state index contributed by atoms with van der Waals surface area (Å²) in [6.45, 7) is 8.91. The van der Waals surface area contributed by atoms with Crippen molar-refractivity contribution in [3.05, 3.63) is 179 Å². The van der Waals surface area contributed by atoms with Gasteiger partial charge in [-0.1, -0.05) is 235 Å². The Morgan fingerprint density at radius 1 is 0.357 bits per heavy atom. The molecule has 0 radical (unpaired) electrons. The summed E-state index contributed by atoms with van der Waals surface area (Å²) in [7, 11) is 0. The lowest BCUT2D eigenvalue weighted by molar-refractivity contribution is 0.398. The third-order valence-corrected chi connectivity index (χ3v) is 12.1. The van der Waals surface area contributed by atoms with Gasteiger partial charge in [-0.05, 0) is 101 Å². The van der Waals surface area contributed by atoms with Gasteiger partial charge in [-0.3, -0.25) is 0 Å². The molecule has 0 atom stereocenters. The highest BCUT2D eigenvalue weighted by Gasteiger charge is 2.42. The summed E-state index contributed by atoms with van der Waals surface area (Å²) in [6.07, 6.45) is 19.5. The largest absolute Gasteiger partial charge is 0.0654 e. The van der Waals surface area contributed by atoms with Crippen molar-refractivity contribution in [1.29, 1.82) is 0 Å². The van der Waals surface area contributed by atoms with E-state index >= 15 is 0 Å². The summed E-state index contributed by atoms with van der Waals surface area (Å²) < 4.78 is 0. The lowest BCUT2D eigenvalue weighted by atomic mass is 9.70. The van der Waals surface area contributed by atoms with Gasteiger partial charge in [0, 0.05) is 5.41 Å². The zero-order valence-electron chi connectivity index (χ0n) is 35.0. The maximum Gasteiger partial charge on any atom is 0.0215 e. The molecule has 0 heterocycles. The molecule has 6 aromatic carbocycles. The van der Waals surface area contributed by atoms with Gasteiger partial charge in [-0.25, -0.2) is 0 Å². The van der Waals surface area contributed by atoms with E-state index < -0.39 is 0 Å². The number of hydrogen-bond donors (Lipinski definition) is 0. The number of benzene rings is 6. The zero-order valence-corrected chi connectivity index (χ0v) is 35.0. The Labute approximate surface area is 340 Å². The van der Waals surface area contributed by atoms with Crippen LogP contribution >= 0.6 is 0 Å². The SMILES string of the molecule is CCCCCCCCC1(CCCCCCCC)c2cc(-c3ccc(C)cc3)ccc2-c2ccc(-c3ccc(Cc4ccccc4)cc3)cc21.Cc1ccccc1. The maximum absolute atomic E-state index is 2.60. The molecule has 0 unspecified atom stereocenters. The van der Waals surface area contributed by atoms with Crippen LogP contribution in [0.5, 0.6) is 0 Å². The van der Waals surface area contributed by atoms with Gasteiger partial charge in [0.25, 0.3) is 0 Å². The van der Waals surface area contributed by atoms with Gasteiger partial charge in [-0.2, -0.15) is 0 Å². The van der Waals surface area contributed by atoms with Crippen LogP contribution in [-0.4, -0.2) is 0 Å². The summed E-state index contributed by atoms with van der Waals surface area (Å²) >= 11 is 0. The van der Waals surface area contributed by atoms with E-state index in [1.807, 2.05) is 18.2 Å². The Hall–Kier alpha value is -4.68. The van der Waals surface area contributed by atoms with Gasteiger partial charge in [0.15, 0.2) is 0 Å². The first-order chi connectivity index (χ1) is 27.5. The van der Waals surface area contributed by atoms with Crippen molar-refractivity contribution in [1.82, 2.24) is 0 Å². The summed E-state index contributed by atoms with van der Waals surface area (Å²) in [5.41, 5.74) is 16.9. The fourth-order valence-corrected chi connectivity index (χ4v) is 8.86. The van der Waals surface area contributed by atoms with Crippen molar-refractivity contribution in [2.75, 3.05) is 0 Å². The number of unbranched alkanes of at least 4 members (excludes halogenated alkanes) is 10. The van der Waals surface area contributed by atoms with E-state index in [1.165, 1.54) is 146 Å². The van der Waals surface area contributed by atoms with Crippen LogP contribution in [0.2, 0.25) is 0 Å². The predicted molar refractivity (Wildman–Crippen MR) is 245 cm³/mol. The van der Waals surface area contributed by atoms with Gasteiger partial charge in [0.1, 0.15) is 0 Å². The topological polar surface area (TPSA) is 0 Å². The standard InChI is InChI=1S/C49H58.C7H8/c1-4-6-8-10-12-17-33-49(34-18-13-11-9-7-5-2)47-36-43(41-25-21-38(3)22-26-41)29-31-45(47)46-32-30-44(37-48(46)49)42-27-23-40(24-28-42)35-39-19-15-14-16-20-39;1-7-5-3-2-4-6-7/h14-16,19-32,36-37H,4-13,17-18,33-35H2,1-3H3;2-6H,1H3. The van der Waals surface area contributed by atoms with Crippen LogP contribution in [0.25, 0.3) is 33.4 Å². The molecule has 0 saturated heterocycles. The molecule has 0 spiro atoms. The van der Waals surface area contributed by atoms with Crippen molar-refractivity contribution in [3.8, 4) is 33.4 Å². The number of aryl methyl sites for hydroxylation is 2. The first-order valence-corrected chi connectivity index (χ1v) is 22.0. The van der Waals surface area contributed by atoms with Gasteiger partial charge in [-0.15, -0.1) is 0 Å². The fraction of sp³-hybridized carbons (Fsp3) is 0.357. The van der Waals surface area contributed by atoms with Gasteiger partial charge in [0.2, 0.25) is 0 Å². The Bertz CT molecular complexity index is 2020. The quantitative estimate of drug-likeness (QED) is 0.0770. The number of hydrogen-bond acceptors (Lipinski definition) is 0. The average molecular weight is 739 g/mol. The molecule has 0 heteroatoms. The van der Waals surface area contributed by atoms with Crippen LogP contribution in [0, 0.1) is 13.8 Å². The molecule has 0 nitrogen and oxygen atoms in total. The minimum Gasteiger partial charge on any atom is -0.0654 e. The first-order valence-electron chi connectivity index (χ1n) is 22.0. The molecule has 0 aromatic heterocycles. The molecule has 0 bridgehead atoms. The van der Waals surface area contributed by atoms with Gasteiger partial charge < -0.3 is 0 Å². The van der Waals surface area contributed by atoms with E-state index in [-0.39, 0.29) is 5.41 Å². The Kier molecular flexibility index (Phi) is 15.4. The van der Waals surface area contributed by atoms with Crippen LogP contribution in [-0.2, 0) is 11.8 Å². The summed E-state index contributed by atoms with van der Waals surface area (Å²) in [4.78, 5) is 0. The molecule has 56 heavy (non-hydrogen) atoms. The molecule has 0 N–H and O–H groups in total. The molecule has 0 fully saturated rings. The summed E-state index contributed by atoms with van der Waals surface area (Å²) in [5, 5.41) is 0. The molecular weight excluding hydrogens is 673 g/mol. The molecule has 1 aliphatic rings. The second-order valence-corrected chi connectivity index (χ2v) is 16.5. The molecule has 7 rings (SSSR count). The highest BCUT2D eigenvalue weighted by molar-refractivity contribution is 5.86. The zero-order chi connectivity index (χ0) is 39.0. The van der Waals surface area contributed by atoms with Crippen LogP contribution in [0.3, 0.4) is 0 Å². The monoisotopic (exact) mass is 739 g/mol. The van der Waals surface area contributed by atoms with Crippen LogP contribution < -0.4 is 0 Å². The van der Waals surface area contributed by atoms with E-state index in [1.54, 1.807) is 11.1 Å². The van der Waals surface area contributed by atoms with Gasteiger partial charge in [0.05, 0.1) is 0 Å². The minimum absolute atomic E-state index is 0.0597. The molecule has 0 amide bonds. The molecule has 1 aliphatic carbocycles. The third kappa shape index (κ3) is 10.8. The molecule has 0 saturated carbocycles. The van der Waals surface area contributed by atoms with Crippen molar-refractivity contribution in [2.24, 2.45) is 0 Å². The predicted octanol–water partition coefficient (Wildman–Crippen LogP) is 16.7. The third-order valence-electron chi connectivity index (χ3n) is 12.1. The molecule has 6 aromatic rings. The van der Waals surface area contributed by atoms with E-state index in [0.717, 1.165) is 6.42 Å². The molecule has 290 valence electrons. The van der Waals surface area contributed by atoms with E-state index in [4.69, 9.17) is 0 Å². The van der Waals surface area contributed by atoms with Crippen LogP contribution in [0.15, 0.2) is 146 Å². The number of fused-ring (bicyclic) bond motifs is 3. The van der Waals surface area contributed by atoms with E-state index in [9.17, 15) is 0 Å². The second kappa shape index (κ2) is 21.0. The number of rotatable bonds is 18. The smallest absolute Gasteiger partial charge is 0.0215 e. The average Bonchev–Trinajstić information content (AvgIpc) is 3.50. The van der Waals surface area contributed by atoms with Crippen molar-refractivity contribution < 1.29 is 0 Å². The Morgan fingerprint density at radius 3 is 1.21 bits per heavy atom. The van der Waals surface area contributed by atoms with Crippen molar-refractivity contribution in [2.45, 2.75) is 129 Å². The second-order valence-electron chi connectivity index (χ2n) is 16.5. The van der Waals surface area contributed by atoms with Crippen molar-refractivity contribution in [3.63, 3.8) is 0 Å². The Morgan fingerprint density at radius 2 is 0.750 bits per heavy atom. The van der Waals surface area contributed by atoms with E-state index in [0.29, 0.717) is 0 Å². The highest BCUT2D eigenvalue weighted by Crippen LogP contribution is 2.55. The maximum atomic E-state index is 2.60. The van der Waals surface area contributed by atoms with E-state index in [2.05, 4.69) is 155 Å². The first kappa shape index (κ1) is 41.0. The summed E-state index contributed by atoms with van der Waals surface area (Å²) in [5.74, 6) is 0. The minimum atomic E-state index is 0.0597. The molecular formula is C56H66.